The highest BCUT2D eigenvalue weighted by molar-refractivity contribution is 8.18. The Morgan fingerprint density at radius 3 is 2.62 bits per heavy atom. The zero-order chi connectivity index (χ0) is 18.7. The van der Waals surface area contributed by atoms with Gasteiger partial charge in [-0.2, -0.15) is 0 Å². The summed E-state index contributed by atoms with van der Waals surface area (Å²) < 4.78 is 13.2. The Hall–Kier alpha value is -2.93. The molecular weight excluding hydrogens is 355 g/mol. The van der Waals surface area contributed by atoms with Gasteiger partial charge in [-0.1, -0.05) is 29.8 Å². The Bertz CT molecular complexity index is 909. The summed E-state index contributed by atoms with van der Waals surface area (Å²) in [5, 5.41) is 2.11. The molecule has 0 spiro atoms. The highest BCUT2D eigenvalue weighted by atomic mass is 32.2. The maximum atomic E-state index is 13.2. The molecule has 3 rings (SSSR count). The van der Waals surface area contributed by atoms with E-state index >= 15 is 0 Å². The number of nitrogens with zero attached hydrogens (tertiary/aromatic N) is 1. The van der Waals surface area contributed by atoms with E-state index in [9.17, 15) is 18.8 Å². The minimum atomic E-state index is -0.566. The molecule has 1 N–H and O–H groups in total. The molecule has 26 heavy (non-hydrogen) atoms. The van der Waals surface area contributed by atoms with E-state index in [1.54, 1.807) is 18.2 Å². The van der Waals surface area contributed by atoms with Gasteiger partial charge in [-0.15, -0.1) is 0 Å². The molecular formula is C19H15FN2O3S. The Morgan fingerprint density at radius 2 is 1.92 bits per heavy atom. The first-order valence-corrected chi connectivity index (χ1v) is 8.61. The number of halogens is 1. The van der Waals surface area contributed by atoms with Crippen molar-refractivity contribution in [1.29, 1.82) is 0 Å². The van der Waals surface area contributed by atoms with E-state index < -0.39 is 22.9 Å². The largest absolute Gasteiger partial charge is 0.325 e. The molecule has 1 saturated heterocycles. The Labute approximate surface area is 153 Å². The van der Waals surface area contributed by atoms with E-state index in [-0.39, 0.29) is 11.4 Å². The standard InChI is InChI=1S/C19H15FN2O3S/c1-12-5-7-15(8-6-12)21-17(23)11-22-18(24)16(26-19(22)25)10-13-3-2-4-14(20)9-13/h2-10H,11H2,1H3,(H,21,23)/b16-10-. The van der Waals surface area contributed by atoms with Crippen molar-refractivity contribution in [3.05, 3.63) is 70.4 Å². The second-order valence-corrected chi connectivity index (χ2v) is 6.73. The molecule has 0 atom stereocenters. The van der Waals surface area contributed by atoms with Crippen molar-refractivity contribution >= 4 is 40.6 Å². The first-order chi connectivity index (χ1) is 12.4. The smallest absolute Gasteiger partial charge is 0.294 e. The third-order valence-corrected chi connectivity index (χ3v) is 4.56. The lowest BCUT2D eigenvalue weighted by Crippen LogP contribution is -2.36. The quantitative estimate of drug-likeness (QED) is 0.831. The maximum Gasteiger partial charge on any atom is 0.294 e. The lowest BCUT2D eigenvalue weighted by molar-refractivity contribution is -0.127. The van der Waals surface area contributed by atoms with Crippen LogP contribution in [-0.4, -0.2) is 28.5 Å². The van der Waals surface area contributed by atoms with E-state index in [0.29, 0.717) is 11.3 Å². The third-order valence-electron chi connectivity index (χ3n) is 3.66. The minimum absolute atomic E-state index is 0.156. The van der Waals surface area contributed by atoms with Gasteiger partial charge in [-0.3, -0.25) is 19.3 Å². The molecule has 1 fully saturated rings. The van der Waals surface area contributed by atoms with Gasteiger partial charge in [-0.25, -0.2) is 4.39 Å². The molecule has 0 aliphatic carbocycles. The summed E-state index contributed by atoms with van der Waals surface area (Å²) in [5.41, 5.74) is 2.11. The van der Waals surface area contributed by atoms with Gasteiger partial charge in [-0.05, 0) is 54.6 Å². The van der Waals surface area contributed by atoms with Gasteiger partial charge in [0.05, 0.1) is 4.91 Å². The number of aryl methyl sites for hydroxylation is 1. The van der Waals surface area contributed by atoms with E-state index in [2.05, 4.69) is 5.32 Å². The van der Waals surface area contributed by atoms with E-state index in [4.69, 9.17) is 0 Å². The predicted octanol–water partition coefficient (Wildman–Crippen LogP) is 3.81. The summed E-state index contributed by atoms with van der Waals surface area (Å²) in [4.78, 5) is 37.6. The number of amides is 3. The second-order valence-electron chi connectivity index (χ2n) is 5.74. The summed E-state index contributed by atoms with van der Waals surface area (Å²) in [6.45, 7) is 1.55. The fourth-order valence-corrected chi connectivity index (χ4v) is 3.20. The van der Waals surface area contributed by atoms with Gasteiger partial charge in [0.1, 0.15) is 12.4 Å². The van der Waals surface area contributed by atoms with Gasteiger partial charge >= 0.3 is 0 Å². The Kier molecular flexibility index (Phi) is 5.18. The van der Waals surface area contributed by atoms with Gasteiger partial charge in [0.25, 0.3) is 11.1 Å². The summed E-state index contributed by atoms with van der Waals surface area (Å²) in [7, 11) is 0. The van der Waals surface area contributed by atoms with Gasteiger partial charge in [0.2, 0.25) is 5.91 Å². The normalized spacial score (nSPS) is 15.6. The molecule has 132 valence electrons. The number of hydrogen-bond donors (Lipinski definition) is 1. The highest BCUT2D eigenvalue weighted by Crippen LogP contribution is 2.32. The Morgan fingerprint density at radius 1 is 1.19 bits per heavy atom. The third kappa shape index (κ3) is 4.18. The van der Waals surface area contributed by atoms with E-state index in [1.165, 1.54) is 24.3 Å². The molecule has 0 bridgehead atoms. The molecule has 0 aromatic heterocycles. The summed E-state index contributed by atoms with van der Waals surface area (Å²) in [6, 6.07) is 12.9. The van der Waals surface area contributed by atoms with Crippen molar-refractivity contribution in [2.45, 2.75) is 6.92 Å². The monoisotopic (exact) mass is 370 g/mol. The molecule has 0 saturated carbocycles. The first-order valence-electron chi connectivity index (χ1n) is 7.80. The van der Waals surface area contributed by atoms with Crippen molar-refractivity contribution in [3.63, 3.8) is 0 Å². The van der Waals surface area contributed by atoms with E-state index in [1.807, 2.05) is 19.1 Å². The number of nitrogens with one attached hydrogen (secondary N) is 1. The van der Waals surface area contributed by atoms with Crippen LogP contribution in [0.25, 0.3) is 6.08 Å². The fraction of sp³-hybridized carbons (Fsp3) is 0.105. The average molecular weight is 370 g/mol. The zero-order valence-corrected chi connectivity index (χ0v) is 14.7. The lowest BCUT2D eigenvalue weighted by Gasteiger charge is -2.12. The number of imide groups is 1. The molecule has 0 radical (unpaired) electrons. The van der Waals surface area contributed by atoms with Crippen LogP contribution in [0.3, 0.4) is 0 Å². The van der Waals surface area contributed by atoms with Crippen LogP contribution < -0.4 is 5.32 Å². The molecule has 2 aromatic rings. The SMILES string of the molecule is Cc1ccc(NC(=O)CN2C(=O)S/C(=C\c3cccc(F)c3)C2=O)cc1. The number of carbonyl (C=O) groups excluding carboxylic acids is 3. The van der Waals surface area contributed by atoms with Crippen LogP contribution in [0.15, 0.2) is 53.4 Å². The molecule has 1 aliphatic heterocycles. The van der Waals surface area contributed by atoms with Crippen LogP contribution in [-0.2, 0) is 9.59 Å². The molecule has 1 heterocycles. The number of benzene rings is 2. The predicted molar refractivity (Wildman–Crippen MR) is 98.9 cm³/mol. The molecule has 5 nitrogen and oxygen atoms in total. The van der Waals surface area contributed by atoms with Crippen LogP contribution in [0, 0.1) is 12.7 Å². The van der Waals surface area contributed by atoms with Crippen molar-refractivity contribution in [2.75, 3.05) is 11.9 Å². The molecule has 7 heteroatoms. The van der Waals surface area contributed by atoms with Gasteiger partial charge in [0.15, 0.2) is 0 Å². The maximum absolute atomic E-state index is 13.2. The highest BCUT2D eigenvalue weighted by Gasteiger charge is 2.36. The number of carbonyl (C=O) groups is 3. The van der Waals surface area contributed by atoms with Crippen LogP contribution in [0.1, 0.15) is 11.1 Å². The van der Waals surface area contributed by atoms with Crippen molar-refractivity contribution in [3.8, 4) is 0 Å². The minimum Gasteiger partial charge on any atom is -0.325 e. The van der Waals surface area contributed by atoms with Crippen LogP contribution in [0.5, 0.6) is 0 Å². The fourth-order valence-electron chi connectivity index (χ4n) is 2.37. The zero-order valence-electron chi connectivity index (χ0n) is 13.9. The first kappa shape index (κ1) is 17.9. The average Bonchev–Trinajstić information content (AvgIpc) is 2.84. The molecule has 0 unspecified atom stereocenters. The topological polar surface area (TPSA) is 66.5 Å². The molecule has 1 aliphatic rings. The lowest BCUT2D eigenvalue weighted by atomic mass is 10.2. The van der Waals surface area contributed by atoms with Crippen LogP contribution in [0.4, 0.5) is 14.9 Å². The molecule has 2 aromatic carbocycles. The van der Waals surface area contributed by atoms with Crippen molar-refractivity contribution in [1.82, 2.24) is 4.90 Å². The second kappa shape index (κ2) is 7.53. The number of rotatable bonds is 4. The van der Waals surface area contributed by atoms with Crippen LogP contribution >= 0.6 is 11.8 Å². The summed E-state index contributed by atoms with van der Waals surface area (Å²) in [5.74, 6) is -1.47. The van der Waals surface area contributed by atoms with Crippen molar-refractivity contribution in [2.24, 2.45) is 0 Å². The van der Waals surface area contributed by atoms with Crippen LogP contribution in [0.2, 0.25) is 0 Å². The van der Waals surface area contributed by atoms with E-state index in [0.717, 1.165) is 22.2 Å². The number of anilines is 1. The van der Waals surface area contributed by atoms with Gasteiger partial charge < -0.3 is 5.32 Å². The summed E-state index contributed by atoms with van der Waals surface area (Å²) >= 11 is 0.729. The van der Waals surface area contributed by atoms with Crippen molar-refractivity contribution < 1.29 is 18.8 Å². The Balaban J connectivity index is 1.69. The number of hydrogen-bond acceptors (Lipinski definition) is 4. The summed E-state index contributed by atoms with van der Waals surface area (Å²) in [6.07, 6.45) is 1.44. The van der Waals surface area contributed by atoms with Gasteiger partial charge in [0, 0.05) is 5.69 Å². The number of thioether (sulfide) groups is 1. The molecule has 3 amide bonds.